The van der Waals surface area contributed by atoms with E-state index in [1.807, 2.05) is 6.07 Å². The standard InChI is InChI=1S/C15H12FN3O/c1-19(15(20)11-4-2-3-5-12(11)16)10-6-7-13-14(8-10)18-9-17-13/h2-9H,1H3,(H,17,18). The fourth-order valence-electron chi connectivity index (χ4n) is 2.06. The van der Waals surface area contributed by atoms with Crippen molar-refractivity contribution in [1.29, 1.82) is 0 Å². The average Bonchev–Trinajstić information content (AvgIpc) is 2.93. The van der Waals surface area contributed by atoms with Gasteiger partial charge in [-0.05, 0) is 30.3 Å². The predicted octanol–water partition coefficient (Wildman–Crippen LogP) is 2.98. The first-order valence-electron chi connectivity index (χ1n) is 6.12. The molecule has 1 amide bonds. The topological polar surface area (TPSA) is 49.0 Å². The van der Waals surface area contributed by atoms with Gasteiger partial charge in [-0.25, -0.2) is 9.37 Å². The summed E-state index contributed by atoms with van der Waals surface area (Å²) < 4.78 is 13.7. The molecule has 0 saturated carbocycles. The summed E-state index contributed by atoms with van der Waals surface area (Å²) in [5.74, 6) is -0.908. The van der Waals surface area contributed by atoms with Crippen molar-refractivity contribution in [1.82, 2.24) is 9.97 Å². The van der Waals surface area contributed by atoms with Gasteiger partial charge in [0.25, 0.3) is 5.91 Å². The number of fused-ring (bicyclic) bond motifs is 1. The van der Waals surface area contributed by atoms with Crippen molar-refractivity contribution in [2.45, 2.75) is 0 Å². The lowest BCUT2D eigenvalue weighted by atomic mass is 10.1. The Morgan fingerprint density at radius 1 is 1.25 bits per heavy atom. The number of anilines is 1. The predicted molar refractivity (Wildman–Crippen MR) is 75.2 cm³/mol. The van der Waals surface area contributed by atoms with E-state index in [9.17, 15) is 9.18 Å². The number of amides is 1. The molecule has 0 atom stereocenters. The summed E-state index contributed by atoms with van der Waals surface area (Å²) in [6.07, 6.45) is 1.59. The molecule has 1 N–H and O–H groups in total. The number of carbonyl (C=O) groups is 1. The lowest BCUT2D eigenvalue weighted by molar-refractivity contribution is 0.0989. The Labute approximate surface area is 114 Å². The Morgan fingerprint density at radius 3 is 2.85 bits per heavy atom. The number of imidazole rings is 1. The molecule has 0 aliphatic carbocycles. The van der Waals surface area contributed by atoms with Crippen LogP contribution >= 0.6 is 0 Å². The first kappa shape index (κ1) is 12.3. The van der Waals surface area contributed by atoms with Crippen LogP contribution in [-0.2, 0) is 0 Å². The van der Waals surface area contributed by atoms with Gasteiger partial charge in [0.15, 0.2) is 0 Å². The van der Waals surface area contributed by atoms with Crippen molar-refractivity contribution in [2.75, 3.05) is 11.9 Å². The van der Waals surface area contributed by atoms with Crippen LogP contribution < -0.4 is 4.90 Å². The largest absolute Gasteiger partial charge is 0.345 e. The number of rotatable bonds is 2. The Hall–Kier alpha value is -2.69. The van der Waals surface area contributed by atoms with Crippen LogP contribution in [0.2, 0.25) is 0 Å². The van der Waals surface area contributed by atoms with Crippen molar-refractivity contribution >= 4 is 22.6 Å². The average molecular weight is 269 g/mol. The van der Waals surface area contributed by atoms with Gasteiger partial charge in [0.05, 0.1) is 22.9 Å². The monoisotopic (exact) mass is 269 g/mol. The second kappa shape index (κ2) is 4.77. The molecule has 3 rings (SSSR count). The first-order chi connectivity index (χ1) is 9.66. The Kier molecular flexibility index (Phi) is 2.95. The smallest absolute Gasteiger partial charge is 0.260 e. The molecule has 0 bridgehead atoms. The van der Waals surface area contributed by atoms with E-state index in [4.69, 9.17) is 0 Å². The second-order valence-electron chi connectivity index (χ2n) is 4.45. The summed E-state index contributed by atoms with van der Waals surface area (Å²) >= 11 is 0. The van der Waals surface area contributed by atoms with E-state index in [1.165, 1.54) is 17.0 Å². The summed E-state index contributed by atoms with van der Waals surface area (Å²) in [6.45, 7) is 0. The van der Waals surface area contributed by atoms with Gasteiger partial charge in [0.2, 0.25) is 0 Å². The van der Waals surface area contributed by atoms with Gasteiger partial charge in [-0.15, -0.1) is 0 Å². The molecule has 2 aromatic carbocycles. The molecule has 0 fully saturated rings. The molecule has 0 aliphatic heterocycles. The van der Waals surface area contributed by atoms with Crippen LogP contribution in [0.1, 0.15) is 10.4 Å². The SMILES string of the molecule is CN(C(=O)c1ccccc1F)c1ccc2nc[nH]c2c1. The van der Waals surface area contributed by atoms with E-state index in [2.05, 4.69) is 9.97 Å². The molecule has 1 heterocycles. The Balaban J connectivity index is 1.97. The molecule has 3 aromatic rings. The highest BCUT2D eigenvalue weighted by molar-refractivity contribution is 6.06. The van der Waals surface area contributed by atoms with Crippen LogP contribution in [-0.4, -0.2) is 22.9 Å². The fraction of sp³-hybridized carbons (Fsp3) is 0.0667. The zero-order valence-corrected chi connectivity index (χ0v) is 10.8. The molecular weight excluding hydrogens is 257 g/mol. The highest BCUT2D eigenvalue weighted by Crippen LogP contribution is 2.21. The third kappa shape index (κ3) is 2.03. The van der Waals surface area contributed by atoms with E-state index >= 15 is 0 Å². The molecular formula is C15H12FN3O. The van der Waals surface area contributed by atoms with E-state index < -0.39 is 5.82 Å². The van der Waals surface area contributed by atoms with Gasteiger partial charge < -0.3 is 9.88 Å². The van der Waals surface area contributed by atoms with Gasteiger partial charge in [0, 0.05) is 12.7 Å². The summed E-state index contributed by atoms with van der Waals surface area (Å²) in [5.41, 5.74) is 2.38. The van der Waals surface area contributed by atoms with Crippen LogP contribution in [0.15, 0.2) is 48.8 Å². The highest BCUT2D eigenvalue weighted by Gasteiger charge is 2.17. The van der Waals surface area contributed by atoms with Crippen LogP contribution in [0.4, 0.5) is 10.1 Å². The number of hydrogen-bond acceptors (Lipinski definition) is 2. The summed E-state index contributed by atoms with van der Waals surface area (Å²) in [6, 6.07) is 11.3. The van der Waals surface area contributed by atoms with Crippen LogP contribution in [0.3, 0.4) is 0 Å². The summed E-state index contributed by atoms with van der Waals surface area (Å²) in [7, 11) is 1.62. The maximum Gasteiger partial charge on any atom is 0.260 e. The highest BCUT2D eigenvalue weighted by atomic mass is 19.1. The van der Waals surface area contributed by atoms with Gasteiger partial charge in [0.1, 0.15) is 5.82 Å². The Morgan fingerprint density at radius 2 is 2.05 bits per heavy atom. The lowest BCUT2D eigenvalue weighted by Gasteiger charge is -2.17. The number of halogens is 1. The number of H-pyrrole nitrogens is 1. The van der Waals surface area contributed by atoms with Crippen LogP contribution in [0.5, 0.6) is 0 Å². The van der Waals surface area contributed by atoms with Crippen molar-refractivity contribution in [3.8, 4) is 0 Å². The van der Waals surface area contributed by atoms with Crippen molar-refractivity contribution in [3.05, 3.63) is 60.2 Å². The molecule has 0 saturated heterocycles. The molecule has 0 unspecified atom stereocenters. The third-order valence-corrected chi connectivity index (χ3v) is 3.20. The van der Waals surface area contributed by atoms with Gasteiger partial charge in [-0.1, -0.05) is 12.1 Å². The van der Waals surface area contributed by atoms with Crippen molar-refractivity contribution in [3.63, 3.8) is 0 Å². The molecule has 4 nitrogen and oxygen atoms in total. The van der Waals surface area contributed by atoms with Gasteiger partial charge in [-0.2, -0.15) is 0 Å². The van der Waals surface area contributed by atoms with Crippen LogP contribution in [0, 0.1) is 5.82 Å². The van der Waals surface area contributed by atoms with Gasteiger partial charge in [-0.3, -0.25) is 4.79 Å². The second-order valence-corrected chi connectivity index (χ2v) is 4.45. The minimum absolute atomic E-state index is 0.0553. The van der Waals surface area contributed by atoms with E-state index in [0.717, 1.165) is 11.0 Å². The molecule has 0 spiro atoms. The number of aromatic amines is 1. The first-order valence-corrected chi connectivity index (χ1v) is 6.12. The maximum absolute atomic E-state index is 13.7. The van der Waals surface area contributed by atoms with E-state index in [0.29, 0.717) is 5.69 Å². The van der Waals surface area contributed by atoms with Gasteiger partial charge >= 0.3 is 0 Å². The zero-order chi connectivity index (χ0) is 14.1. The lowest BCUT2D eigenvalue weighted by Crippen LogP contribution is -2.27. The third-order valence-electron chi connectivity index (χ3n) is 3.20. The molecule has 0 radical (unpaired) electrons. The number of nitrogens with zero attached hydrogens (tertiary/aromatic N) is 2. The van der Waals surface area contributed by atoms with E-state index in [1.54, 1.807) is 37.6 Å². The Bertz CT molecular complexity index is 781. The zero-order valence-electron chi connectivity index (χ0n) is 10.8. The number of carbonyl (C=O) groups excluding carboxylic acids is 1. The minimum Gasteiger partial charge on any atom is -0.345 e. The van der Waals surface area contributed by atoms with Crippen molar-refractivity contribution < 1.29 is 9.18 Å². The summed E-state index contributed by atoms with van der Waals surface area (Å²) in [5, 5.41) is 0. The number of hydrogen-bond donors (Lipinski definition) is 1. The molecule has 0 aliphatic rings. The number of nitrogens with one attached hydrogen (secondary N) is 1. The molecule has 100 valence electrons. The molecule has 1 aromatic heterocycles. The molecule has 5 heteroatoms. The van der Waals surface area contributed by atoms with Crippen molar-refractivity contribution in [2.24, 2.45) is 0 Å². The minimum atomic E-state index is -0.521. The molecule has 20 heavy (non-hydrogen) atoms. The van der Waals surface area contributed by atoms with Crippen LogP contribution in [0.25, 0.3) is 11.0 Å². The fourth-order valence-corrected chi connectivity index (χ4v) is 2.06. The van der Waals surface area contributed by atoms with E-state index in [-0.39, 0.29) is 11.5 Å². The summed E-state index contributed by atoms with van der Waals surface area (Å²) in [4.78, 5) is 20.8. The quantitative estimate of drug-likeness (QED) is 0.777. The normalized spacial score (nSPS) is 10.7. The maximum atomic E-state index is 13.7. The number of aromatic nitrogens is 2. The number of benzene rings is 2.